The van der Waals surface area contributed by atoms with Gasteiger partial charge in [-0.05, 0) is 6.92 Å². The number of carboxylic acids is 1. The van der Waals surface area contributed by atoms with Crippen LogP contribution in [0.4, 0.5) is 0 Å². The summed E-state index contributed by atoms with van der Waals surface area (Å²) in [6, 6.07) is 0. The van der Waals surface area contributed by atoms with E-state index in [-0.39, 0.29) is 0 Å². The van der Waals surface area contributed by atoms with Crippen molar-refractivity contribution in [2.75, 3.05) is 6.61 Å². The van der Waals surface area contributed by atoms with Gasteiger partial charge in [0.2, 0.25) is 5.78 Å². The van der Waals surface area contributed by atoms with Gasteiger partial charge in [-0.3, -0.25) is 9.59 Å². The third-order valence-corrected chi connectivity index (χ3v) is 1.75. The van der Waals surface area contributed by atoms with Crippen molar-refractivity contribution in [2.45, 2.75) is 33.1 Å². The summed E-state index contributed by atoms with van der Waals surface area (Å²) in [5, 5.41) is 7.93. The Morgan fingerprint density at radius 2 is 1.87 bits per heavy atom. The number of carbonyl (C=O) groups excluding carboxylic acids is 2. The summed E-state index contributed by atoms with van der Waals surface area (Å²) in [6.07, 6.45) is 1.95. The van der Waals surface area contributed by atoms with Gasteiger partial charge in [-0.1, -0.05) is 0 Å². The molecule has 0 aliphatic carbocycles. The number of hydrogen-bond donors (Lipinski definition) is 1. The summed E-state index contributed by atoms with van der Waals surface area (Å²) < 4.78 is 4.87. The molecule has 0 heterocycles. The van der Waals surface area contributed by atoms with E-state index in [1.54, 1.807) is 0 Å². The molecule has 0 aromatic heterocycles. The van der Waals surface area contributed by atoms with Crippen LogP contribution in [-0.2, 0) is 42.4 Å². The summed E-state index contributed by atoms with van der Waals surface area (Å²) in [7, 11) is 0. The second-order valence-electron chi connectivity index (χ2n) is 2.81. The van der Waals surface area contributed by atoms with E-state index >= 15 is 0 Å². The van der Waals surface area contributed by atoms with E-state index in [2.05, 4.69) is 6.92 Å². The molecular formula is C9H15O5Zr. The Morgan fingerprint density at radius 3 is 2.00 bits per heavy atom. The topological polar surface area (TPSA) is 80.7 Å². The van der Waals surface area contributed by atoms with Crippen LogP contribution in [0.5, 0.6) is 0 Å². The minimum atomic E-state index is -1.55. The first-order valence-corrected chi connectivity index (χ1v) is 5.50. The van der Waals surface area contributed by atoms with Crippen molar-refractivity contribution in [3.8, 4) is 0 Å². The summed E-state index contributed by atoms with van der Waals surface area (Å²) in [6.45, 7) is 4.28. The molecule has 0 rings (SSSR count). The van der Waals surface area contributed by atoms with Gasteiger partial charge in [0.15, 0.2) is 0 Å². The molecule has 0 aromatic rings. The van der Waals surface area contributed by atoms with Crippen LogP contribution in [0.3, 0.4) is 0 Å². The van der Waals surface area contributed by atoms with Gasteiger partial charge in [0.05, 0.1) is 6.42 Å². The maximum atomic E-state index is 10.1. The SMILES string of the molecule is CC(=O)CC(=O)C(=O)O.CCCC[O][Zr]. The zero-order valence-electron chi connectivity index (χ0n) is 8.91. The van der Waals surface area contributed by atoms with Gasteiger partial charge < -0.3 is 5.11 Å². The molecule has 85 valence electrons. The zero-order valence-corrected chi connectivity index (χ0v) is 11.4. The number of Topliss-reactive ketones (excluding diaryl/α,β-unsaturated/α-hetero) is 2. The molecule has 0 radical (unpaired) electrons. The zero-order chi connectivity index (χ0) is 12.3. The van der Waals surface area contributed by atoms with E-state index in [1.165, 1.54) is 44.9 Å². The number of carbonyl (C=O) groups is 3. The Labute approximate surface area is 105 Å². The van der Waals surface area contributed by atoms with E-state index in [9.17, 15) is 14.4 Å². The third kappa shape index (κ3) is 16.3. The number of unbranched alkanes of at least 4 members (excludes halogenated alkanes) is 1. The normalized spacial score (nSPS) is 8.60. The fraction of sp³-hybridized carbons (Fsp3) is 0.667. The van der Waals surface area contributed by atoms with Gasteiger partial charge in [0.25, 0.3) is 0 Å². The summed E-state index contributed by atoms with van der Waals surface area (Å²) in [4.78, 5) is 29.9. The molecule has 1 N–H and O–H groups in total. The van der Waals surface area contributed by atoms with Crippen molar-refractivity contribution in [3.63, 3.8) is 0 Å². The van der Waals surface area contributed by atoms with Crippen molar-refractivity contribution < 1.29 is 47.5 Å². The Bertz CT molecular complexity index is 211. The van der Waals surface area contributed by atoms with Crippen molar-refractivity contribution in [3.05, 3.63) is 0 Å². The molecular weight excluding hydrogens is 279 g/mol. The average molecular weight is 294 g/mol. The first-order chi connectivity index (χ1) is 6.95. The third-order valence-electron chi connectivity index (χ3n) is 1.25. The van der Waals surface area contributed by atoms with Gasteiger partial charge >= 0.3 is 60.3 Å². The predicted octanol–water partition coefficient (Wildman–Crippen LogP) is 0.884. The second-order valence-corrected chi connectivity index (χ2v) is 3.52. The number of hydrogen-bond acceptors (Lipinski definition) is 4. The molecule has 0 aromatic carbocycles. The van der Waals surface area contributed by atoms with E-state index in [4.69, 9.17) is 7.92 Å². The molecule has 6 heteroatoms. The maximum absolute atomic E-state index is 10.1. The fourth-order valence-electron chi connectivity index (χ4n) is 0.518. The van der Waals surface area contributed by atoms with Crippen LogP contribution in [0.25, 0.3) is 0 Å². The number of rotatable bonds is 6. The van der Waals surface area contributed by atoms with Crippen molar-refractivity contribution in [1.29, 1.82) is 0 Å². The van der Waals surface area contributed by atoms with Crippen LogP contribution >= 0.6 is 0 Å². The van der Waals surface area contributed by atoms with Gasteiger partial charge in [-0.25, -0.2) is 4.79 Å². The summed E-state index contributed by atoms with van der Waals surface area (Å²) in [5.74, 6) is -3.03. The van der Waals surface area contributed by atoms with Crippen LogP contribution in [0.15, 0.2) is 0 Å². The Hall–Kier alpha value is -0.347. The Kier molecular flexibility index (Phi) is 13.3. The predicted molar refractivity (Wildman–Crippen MR) is 48.8 cm³/mol. The molecule has 0 unspecified atom stereocenters. The number of aliphatic carboxylic acids is 1. The number of ketones is 2. The molecule has 0 spiro atoms. The molecule has 5 nitrogen and oxygen atoms in total. The average Bonchev–Trinajstić information content (AvgIpc) is 2.14. The quantitative estimate of drug-likeness (QED) is 0.447. The van der Waals surface area contributed by atoms with E-state index in [0.29, 0.717) is 0 Å². The van der Waals surface area contributed by atoms with Crippen LogP contribution in [0, 0.1) is 0 Å². The van der Waals surface area contributed by atoms with E-state index < -0.39 is 24.0 Å². The monoisotopic (exact) mass is 293 g/mol. The molecule has 0 aliphatic rings. The summed E-state index contributed by atoms with van der Waals surface area (Å²) >= 11 is 1.19. The molecule has 0 amide bonds. The number of carboxylic acid groups (broad SMARTS) is 1. The summed E-state index contributed by atoms with van der Waals surface area (Å²) in [5.41, 5.74) is 0. The van der Waals surface area contributed by atoms with E-state index in [1.807, 2.05) is 0 Å². The van der Waals surface area contributed by atoms with E-state index in [0.717, 1.165) is 6.61 Å². The molecule has 0 bridgehead atoms. The minimum absolute atomic E-state index is 0.428. The molecule has 0 fully saturated rings. The Morgan fingerprint density at radius 1 is 1.33 bits per heavy atom. The first-order valence-electron chi connectivity index (χ1n) is 4.49. The molecule has 15 heavy (non-hydrogen) atoms. The van der Waals surface area contributed by atoms with Gasteiger partial charge in [-0.15, -0.1) is 0 Å². The van der Waals surface area contributed by atoms with Crippen molar-refractivity contribution in [1.82, 2.24) is 0 Å². The van der Waals surface area contributed by atoms with Crippen LogP contribution in [-0.4, -0.2) is 29.2 Å². The van der Waals surface area contributed by atoms with Crippen LogP contribution in [0.2, 0.25) is 0 Å². The fourth-order valence-corrected chi connectivity index (χ4v) is 0.873. The molecule has 0 saturated carbocycles. The standard InChI is InChI=1S/C5H6O4.C4H9O.Zr/c1-3(6)2-4(7)5(8)9;1-2-3-4-5;/h2H2,1H3,(H,8,9);2-4H2,1H3;/q;-1;+1. The van der Waals surface area contributed by atoms with Gasteiger partial charge in [0.1, 0.15) is 5.78 Å². The van der Waals surface area contributed by atoms with Gasteiger partial charge in [-0.2, -0.15) is 0 Å². The van der Waals surface area contributed by atoms with Gasteiger partial charge in [0, 0.05) is 0 Å². The van der Waals surface area contributed by atoms with Crippen molar-refractivity contribution in [2.24, 2.45) is 0 Å². The second kappa shape index (κ2) is 11.7. The first kappa shape index (κ1) is 17.1. The molecule has 0 saturated heterocycles. The van der Waals surface area contributed by atoms with Crippen molar-refractivity contribution >= 4 is 17.5 Å². The molecule has 0 aliphatic heterocycles. The molecule has 0 atom stereocenters. The Balaban J connectivity index is 0. The van der Waals surface area contributed by atoms with Crippen LogP contribution < -0.4 is 0 Å². The van der Waals surface area contributed by atoms with Crippen LogP contribution in [0.1, 0.15) is 33.1 Å².